The maximum Gasteiger partial charge on any atom is 0.356 e. The number of hydrogen-bond acceptors (Lipinski definition) is 5. The third-order valence-corrected chi connectivity index (χ3v) is 4.85. The minimum Gasteiger partial charge on any atom is -0.476 e. The molecule has 126 valence electrons. The first-order valence-electron chi connectivity index (χ1n) is 7.62. The van der Waals surface area contributed by atoms with Crippen molar-refractivity contribution < 1.29 is 19.4 Å². The molecule has 0 spiro atoms. The highest BCUT2D eigenvalue weighted by molar-refractivity contribution is 6.31. The molecule has 0 fully saturated rings. The summed E-state index contributed by atoms with van der Waals surface area (Å²) in [6.45, 7) is 2.17. The zero-order valence-corrected chi connectivity index (χ0v) is 13.8. The molecule has 4 rings (SSSR count). The highest BCUT2D eigenvalue weighted by Gasteiger charge is 2.28. The second-order valence-corrected chi connectivity index (χ2v) is 6.33. The number of rotatable bonds is 3. The van der Waals surface area contributed by atoms with Gasteiger partial charge in [0.15, 0.2) is 17.2 Å². The van der Waals surface area contributed by atoms with Gasteiger partial charge >= 0.3 is 5.97 Å². The van der Waals surface area contributed by atoms with Crippen LogP contribution in [0.3, 0.4) is 0 Å². The Hall–Kier alpha value is -2.25. The van der Waals surface area contributed by atoms with Crippen molar-refractivity contribution in [3.05, 3.63) is 39.7 Å². The number of fused-ring (bicyclic) bond motifs is 2. The molecule has 0 atom stereocenters. The van der Waals surface area contributed by atoms with E-state index >= 15 is 0 Å². The van der Waals surface area contributed by atoms with E-state index in [0.29, 0.717) is 36.0 Å². The Bertz CT molecular complexity index is 833. The van der Waals surface area contributed by atoms with Crippen molar-refractivity contribution in [3.63, 3.8) is 0 Å². The van der Waals surface area contributed by atoms with E-state index in [4.69, 9.17) is 21.1 Å². The van der Waals surface area contributed by atoms with Crippen LogP contribution in [0.1, 0.15) is 27.3 Å². The predicted molar refractivity (Wildman–Crippen MR) is 85.6 cm³/mol. The van der Waals surface area contributed by atoms with Crippen LogP contribution in [0.25, 0.3) is 0 Å². The van der Waals surface area contributed by atoms with Gasteiger partial charge in [0.1, 0.15) is 0 Å². The molecule has 0 unspecified atom stereocenters. The monoisotopic (exact) mass is 349 g/mol. The zero-order valence-electron chi connectivity index (χ0n) is 13.1. The number of aryl methyl sites for hydroxylation is 1. The van der Waals surface area contributed by atoms with Crippen LogP contribution in [0.4, 0.5) is 0 Å². The Morgan fingerprint density at radius 3 is 3.04 bits per heavy atom. The molecule has 1 aromatic carbocycles. The first-order valence-corrected chi connectivity index (χ1v) is 7.99. The molecule has 0 radical (unpaired) electrons. The average molecular weight is 350 g/mol. The Kier molecular flexibility index (Phi) is 3.62. The van der Waals surface area contributed by atoms with Gasteiger partial charge in [0.2, 0.25) is 6.79 Å². The summed E-state index contributed by atoms with van der Waals surface area (Å²) in [5.74, 6) is 0.431. The molecule has 1 aromatic heterocycles. The van der Waals surface area contributed by atoms with Gasteiger partial charge in [-0.25, -0.2) is 4.79 Å². The highest BCUT2D eigenvalue weighted by atomic mass is 35.5. The highest BCUT2D eigenvalue weighted by Crippen LogP contribution is 2.40. The summed E-state index contributed by atoms with van der Waals surface area (Å²) < 4.78 is 12.6. The average Bonchev–Trinajstić information content (AvgIpc) is 3.15. The van der Waals surface area contributed by atoms with Crippen LogP contribution >= 0.6 is 11.6 Å². The van der Waals surface area contributed by atoms with E-state index in [0.717, 1.165) is 23.4 Å². The van der Waals surface area contributed by atoms with Crippen LogP contribution in [0, 0.1) is 0 Å². The van der Waals surface area contributed by atoms with Crippen LogP contribution in [0.15, 0.2) is 12.1 Å². The van der Waals surface area contributed by atoms with Gasteiger partial charge in [0.05, 0.1) is 5.69 Å². The summed E-state index contributed by atoms with van der Waals surface area (Å²) in [5, 5.41) is 14.0. The lowest BCUT2D eigenvalue weighted by Gasteiger charge is -2.28. The van der Waals surface area contributed by atoms with E-state index in [1.165, 1.54) is 0 Å². The summed E-state index contributed by atoms with van der Waals surface area (Å²) in [4.78, 5) is 13.5. The Morgan fingerprint density at radius 2 is 2.25 bits per heavy atom. The molecule has 8 heteroatoms. The molecule has 3 heterocycles. The molecule has 2 aliphatic heterocycles. The van der Waals surface area contributed by atoms with Crippen LogP contribution in [0.5, 0.6) is 11.5 Å². The van der Waals surface area contributed by atoms with E-state index in [1.807, 2.05) is 12.1 Å². The minimum atomic E-state index is -0.977. The molecule has 0 saturated heterocycles. The third-order valence-electron chi connectivity index (χ3n) is 4.50. The SMILES string of the molecule is Cn1nc(C(=O)O)c2c1CN(Cc1c(Cl)ccc3c1OCO3)CC2. The second-order valence-electron chi connectivity index (χ2n) is 5.92. The molecule has 0 amide bonds. The Balaban J connectivity index is 1.61. The summed E-state index contributed by atoms with van der Waals surface area (Å²) in [6, 6.07) is 3.62. The number of carbonyl (C=O) groups is 1. The molecule has 7 nitrogen and oxygen atoms in total. The lowest BCUT2D eigenvalue weighted by molar-refractivity contribution is 0.0688. The molecular formula is C16H16ClN3O4. The summed E-state index contributed by atoms with van der Waals surface area (Å²) >= 11 is 6.35. The summed E-state index contributed by atoms with van der Waals surface area (Å²) in [5.41, 5.74) is 2.81. The number of aromatic carboxylic acids is 1. The fourth-order valence-corrected chi connectivity index (χ4v) is 3.52. The van der Waals surface area contributed by atoms with E-state index in [2.05, 4.69) is 10.00 Å². The number of aromatic nitrogens is 2. The number of carboxylic acid groups (broad SMARTS) is 1. The Morgan fingerprint density at radius 1 is 1.42 bits per heavy atom. The van der Waals surface area contributed by atoms with Crippen LogP contribution in [-0.2, 0) is 26.6 Å². The molecule has 2 aromatic rings. The maximum atomic E-state index is 11.3. The minimum absolute atomic E-state index is 0.155. The summed E-state index contributed by atoms with van der Waals surface area (Å²) in [6.07, 6.45) is 0.648. The van der Waals surface area contributed by atoms with Gasteiger partial charge in [0.25, 0.3) is 0 Å². The number of halogens is 1. The zero-order chi connectivity index (χ0) is 16.8. The van der Waals surface area contributed by atoms with Crippen molar-refractivity contribution in [2.24, 2.45) is 7.05 Å². The van der Waals surface area contributed by atoms with Gasteiger partial charge in [-0.1, -0.05) is 11.6 Å². The van der Waals surface area contributed by atoms with Crippen molar-refractivity contribution >= 4 is 17.6 Å². The maximum absolute atomic E-state index is 11.3. The van der Waals surface area contributed by atoms with Crippen LogP contribution in [-0.4, -0.2) is 39.1 Å². The fourth-order valence-electron chi connectivity index (χ4n) is 3.31. The Labute approximate surface area is 143 Å². The topological polar surface area (TPSA) is 76.8 Å². The normalized spacial score (nSPS) is 16.2. The van der Waals surface area contributed by atoms with Gasteiger partial charge in [-0.3, -0.25) is 9.58 Å². The van der Waals surface area contributed by atoms with Gasteiger partial charge in [-0.15, -0.1) is 0 Å². The number of ether oxygens (including phenoxy) is 2. The second kappa shape index (κ2) is 5.68. The smallest absolute Gasteiger partial charge is 0.356 e. The molecule has 1 N–H and O–H groups in total. The van der Waals surface area contributed by atoms with Gasteiger partial charge in [-0.2, -0.15) is 5.10 Å². The van der Waals surface area contributed by atoms with Gasteiger partial charge in [0, 0.05) is 42.8 Å². The standard InChI is InChI=1S/C16H16ClN3O4/c1-19-12-7-20(5-4-9(12)14(18-19)16(21)22)6-10-11(17)2-3-13-15(10)24-8-23-13/h2-3H,4-8H2,1H3,(H,21,22). The summed E-state index contributed by atoms with van der Waals surface area (Å²) in [7, 11) is 1.78. The lowest BCUT2D eigenvalue weighted by atomic mass is 10.0. The first kappa shape index (κ1) is 15.3. The lowest BCUT2D eigenvalue weighted by Crippen LogP contribution is -2.31. The third kappa shape index (κ3) is 2.40. The van der Waals surface area contributed by atoms with E-state index in [9.17, 15) is 9.90 Å². The number of benzene rings is 1. The van der Waals surface area contributed by atoms with Crippen molar-refractivity contribution in [1.29, 1.82) is 0 Å². The van der Waals surface area contributed by atoms with Gasteiger partial charge < -0.3 is 14.6 Å². The number of hydrogen-bond donors (Lipinski definition) is 1. The van der Waals surface area contributed by atoms with E-state index in [-0.39, 0.29) is 12.5 Å². The van der Waals surface area contributed by atoms with Gasteiger partial charge in [-0.05, 0) is 18.6 Å². The van der Waals surface area contributed by atoms with E-state index < -0.39 is 5.97 Å². The molecule has 0 aliphatic carbocycles. The predicted octanol–water partition coefficient (Wildman–Crippen LogP) is 2.06. The quantitative estimate of drug-likeness (QED) is 0.914. The fraction of sp³-hybridized carbons (Fsp3) is 0.375. The van der Waals surface area contributed by atoms with Crippen LogP contribution < -0.4 is 9.47 Å². The van der Waals surface area contributed by atoms with Crippen molar-refractivity contribution in [3.8, 4) is 11.5 Å². The number of carboxylic acids is 1. The first-order chi connectivity index (χ1) is 11.5. The van der Waals surface area contributed by atoms with Crippen LogP contribution in [0.2, 0.25) is 5.02 Å². The number of nitrogens with zero attached hydrogens (tertiary/aromatic N) is 3. The van der Waals surface area contributed by atoms with Crippen molar-refractivity contribution in [1.82, 2.24) is 14.7 Å². The molecule has 0 bridgehead atoms. The largest absolute Gasteiger partial charge is 0.476 e. The van der Waals surface area contributed by atoms with Crippen molar-refractivity contribution in [2.75, 3.05) is 13.3 Å². The van der Waals surface area contributed by atoms with E-state index in [1.54, 1.807) is 11.7 Å². The molecule has 2 aliphatic rings. The molecule has 0 saturated carbocycles. The van der Waals surface area contributed by atoms with Crippen molar-refractivity contribution in [2.45, 2.75) is 19.5 Å². The molecule has 24 heavy (non-hydrogen) atoms. The molecular weight excluding hydrogens is 334 g/mol.